The van der Waals surface area contributed by atoms with Crippen LogP contribution in [0.3, 0.4) is 0 Å². The Morgan fingerprint density at radius 3 is 2.43 bits per heavy atom. The zero-order chi connectivity index (χ0) is 26.5. The molecule has 1 saturated heterocycles. The van der Waals surface area contributed by atoms with Gasteiger partial charge in [0.15, 0.2) is 11.5 Å². The third-order valence-corrected chi connectivity index (χ3v) is 6.95. The first-order valence-electron chi connectivity index (χ1n) is 11.3. The highest BCUT2D eigenvalue weighted by atomic mass is 35.5. The van der Waals surface area contributed by atoms with Crippen LogP contribution < -0.4 is 9.47 Å². The molecule has 0 radical (unpaired) electrons. The van der Waals surface area contributed by atoms with Crippen LogP contribution in [-0.4, -0.2) is 56.5 Å². The maximum atomic E-state index is 14.0. The highest BCUT2D eigenvalue weighted by Gasteiger charge is 2.45. The van der Waals surface area contributed by atoms with Gasteiger partial charge < -0.3 is 19.4 Å². The number of alkyl halides is 3. The summed E-state index contributed by atoms with van der Waals surface area (Å²) in [7, 11) is 2.95. The molecule has 2 aromatic heterocycles. The SMILES string of the molecule is COc1cc(C(=O)N2CCCC2(C)c2nc3cc(C(F)(F)F)c(Cl)cc3[nH]2)c(-n2nccn2)cc1OC. The van der Waals surface area contributed by atoms with E-state index in [0.717, 1.165) is 6.07 Å². The monoisotopic (exact) mass is 534 g/mol. The number of benzene rings is 2. The number of likely N-dealkylation sites (tertiary alicyclic amines) is 1. The third-order valence-electron chi connectivity index (χ3n) is 6.64. The van der Waals surface area contributed by atoms with Crippen LogP contribution in [0.4, 0.5) is 13.2 Å². The number of aromatic amines is 1. The van der Waals surface area contributed by atoms with Crippen LogP contribution in [0.15, 0.2) is 36.7 Å². The summed E-state index contributed by atoms with van der Waals surface area (Å²) in [6, 6.07) is 5.29. The average molecular weight is 535 g/mol. The molecule has 2 aromatic carbocycles. The van der Waals surface area contributed by atoms with E-state index in [0.29, 0.717) is 47.9 Å². The van der Waals surface area contributed by atoms with E-state index >= 15 is 0 Å². The fraction of sp³-hybridized carbons (Fsp3) is 0.333. The van der Waals surface area contributed by atoms with Gasteiger partial charge in [-0.15, -0.1) is 0 Å². The number of halogens is 4. The summed E-state index contributed by atoms with van der Waals surface area (Å²) in [5, 5.41) is 7.90. The van der Waals surface area contributed by atoms with Gasteiger partial charge in [-0.1, -0.05) is 11.6 Å². The van der Waals surface area contributed by atoms with E-state index in [1.807, 2.05) is 6.92 Å². The van der Waals surface area contributed by atoms with Crippen LogP contribution in [0.1, 0.15) is 41.5 Å². The highest BCUT2D eigenvalue weighted by molar-refractivity contribution is 6.32. The molecule has 1 amide bonds. The molecular formula is C24H22ClF3N6O3. The number of nitrogens with one attached hydrogen (secondary N) is 1. The number of rotatable bonds is 5. The molecular weight excluding hydrogens is 513 g/mol. The van der Waals surface area contributed by atoms with E-state index in [4.69, 9.17) is 21.1 Å². The van der Waals surface area contributed by atoms with Gasteiger partial charge in [-0.2, -0.15) is 28.2 Å². The maximum absolute atomic E-state index is 14.0. The number of carbonyl (C=O) groups excluding carboxylic acids is 1. The van der Waals surface area contributed by atoms with E-state index in [2.05, 4.69) is 20.2 Å². The fourth-order valence-electron chi connectivity index (χ4n) is 4.73. The molecule has 0 bridgehead atoms. The predicted octanol–water partition coefficient (Wildman–Crippen LogP) is 4.98. The first kappa shape index (κ1) is 24.9. The number of hydrogen-bond donors (Lipinski definition) is 1. The first-order valence-corrected chi connectivity index (χ1v) is 11.7. The summed E-state index contributed by atoms with van der Waals surface area (Å²) in [4.78, 5) is 24.5. The molecule has 1 fully saturated rings. The van der Waals surface area contributed by atoms with Crippen molar-refractivity contribution in [1.82, 2.24) is 29.9 Å². The van der Waals surface area contributed by atoms with Gasteiger partial charge in [-0.05, 0) is 38.0 Å². The van der Waals surface area contributed by atoms with Gasteiger partial charge in [-0.25, -0.2) is 4.98 Å². The second kappa shape index (κ2) is 8.94. The molecule has 1 N–H and O–H groups in total. The van der Waals surface area contributed by atoms with Gasteiger partial charge in [0.1, 0.15) is 11.5 Å². The van der Waals surface area contributed by atoms with E-state index in [9.17, 15) is 18.0 Å². The van der Waals surface area contributed by atoms with Crippen LogP contribution in [0.2, 0.25) is 5.02 Å². The van der Waals surface area contributed by atoms with Crippen molar-refractivity contribution >= 4 is 28.5 Å². The Morgan fingerprint density at radius 2 is 1.78 bits per heavy atom. The van der Waals surface area contributed by atoms with Gasteiger partial charge in [0, 0.05) is 12.6 Å². The lowest BCUT2D eigenvalue weighted by Gasteiger charge is -2.34. The van der Waals surface area contributed by atoms with E-state index in [-0.39, 0.29) is 17.0 Å². The van der Waals surface area contributed by atoms with E-state index in [1.165, 1.54) is 37.5 Å². The topological polar surface area (TPSA) is 98.2 Å². The Hall–Kier alpha value is -3.80. The van der Waals surface area contributed by atoms with Crippen LogP contribution in [0.25, 0.3) is 16.7 Å². The number of fused-ring (bicyclic) bond motifs is 1. The average Bonchev–Trinajstić information content (AvgIpc) is 3.61. The zero-order valence-electron chi connectivity index (χ0n) is 20.1. The Morgan fingerprint density at radius 1 is 1.11 bits per heavy atom. The number of imidazole rings is 1. The Labute approximate surface area is 214 Å². The molecule has 1 unspecified atom stereocenters. The fourth-order valence-corrected chi connectivity index (χ4v) is 5.00. The van der Waals surface area contributed by atoms with E-state index < -0.39 is 22.3 Å². The van der Waals surface area contributed by atoms with Crippen LogP contribution in [0.5, 0.6) is 11.5 Å². The van der Waals surface area contributed by atoms with Crippen LogP contribution in [0, 0.1) is 0 Å². The molecule has 1 aliphatic rings. The van der Waals surface area contributed by atoms with Gasteiger partial charge >= 0.3 is 6.18 Å². The lowest BCUT2D eigenvalue weighted by Crippen LogP contribution is -2.44. The number of carbonyl (C=O) groups is 1. The smallest absolute Gasteiger partial charge is 0.417 e. The van der Waals surface area contributed by atoms with Gasteiger partial charge in [0.25, 0.3) is 5.91 Å². The molecule has 0 saturated carbocycles. The lowest BCUT2D eigenvalue weighted by atomic mass is 9.97. The highest BCUT2D eigenvalue weighted by Crippen LogP contribution is 2.42. The van der Waals surface area contributed by atoms with Crippen LogP contribution >= 0.6 is 11.6 Å². The van der Waals surface area contributed by atoms with Crippen molar-refractivity contribution in [1.29, 1.82) is 0 Å². The van der Waals surface area contributed by atoms with Crippen molar-refractivity contribution in [2.75, 3.05) is 20.8 Å². The molecule has 0 aliphatic carbocycles. The minimum atomic E-state index is -4.62. The zero-order valence-corrected chi connectivity index (χ0v) is 20.8. The lowest BCUT2D eigenvalue weighted by molar-refractivity contribution is -0.137. The van der Waals surface area contributed by atoms with Crippen molar-refractivity contribution in [2.24, 2.45) is 0 Å². The predicted molar refractivity (Wildman–Crippen MR) is 128 cm³/mol. The maximum Gasteiger partial charge on any atom is 0.417 e. The van der Waals surface area contributed by atoms with Crippen molar-refractivity contribution in [3.63, 3.8) is 0 Å². The standard InChI is InChI=1S/C24H22ClF3N6O3/c1-23(22-31-16-10-14(24(26,27)28)15(25)11-17(16)32-22)5-4-8-33(23)21(35)13-9-19(36-2)20(37-3)12-18(13)34-29-6-7-30-34/h6-7,9-12H,4-5,8H2,1-3H3,(H,31,32). The Bertz CT molecular complexity index is 1490. The van der Waals surface area contributed by atoms with E-state index in [1.54, 1.807) is 17.0 Å². The minimum Gasteiger partial charge on any atom is -0.493 e. The molecule has 0 spiro atoms. The Balaban J connectivity index is 1.60. The van der Waals surface area contributed by atoms with Crippen molar-refractivity contribution in [3.05, 3.63) is 58.6 Å². The largest absolute Gasteiger partial charge is 0.493 e. The normalized spacial score (nSPS) is 18.0. The number of ether oxygens (including phenoxy) is 2. The molecule has 3 heterocycles. The summed E-state index contributed by atoms with van der Waals surface area (Å²) < 4.78 is 51.0. The first-order chi connectivity index (χ1) is 17.6. The third kappa shape index (κ3) is 4.14. The summed E-state index contributed by atoms with van der Waals surface area (Å²) in [6.07, 6.45) is -0.440. The number of nitrogens with zero attached hydrogens (tertiary/aromatic N) is 5. The molecule has 9 nitrogen and oxygen atoms in total. The summed E-state index contributed by atoms with van der Waals surface area (Å²) in [5.41, 5.74) is -0.788. The second-order valence-electron chi connectivity index (χ2n) is 8.81. The molecule has 5 rings (SSSR count). The molecule has 13 heteroatoms. The Kier molecular flexibility index (Phi) is 6.01. The summed E-state index contributed by atoms with van der Waals surface area (Å²) in [5.74, 6) is 0.761. The second-order valence-corrected chi connectivity index (χ2v) is 9.22. The number of hydrogen-bond acceptors (Lipinski definition) is 6. The van der Waals surface area contributed by atoms with Crippen LogP contribution in [-0.2, 0) is 11.7 Å². The molecule has 1 aliphatic heterocycles. The number of amides is 1. The van der Waals surface area contributed by atoms with Gasteiger partial charge in [-0.3, -0.25) is 4.79 Å². The van der Waals surface area contributed by atoms with Gasteiger partial charge in [0.2, 0.25) is 0 Å². The quantitative estimate of drug-likeness (QED) is 0.387. The number of methoxy groups -OCH3 is 2. The summed E-state index contributed by atoms with van der Waals surface area (Å²) in [6.45, 7) is 2.23. The van der Waals surface area contributed by atoms with Gasteiger partial charge in [0.05, 0.1) is 59.3 Å². The summed E-state index contributed by atoms with van der Waals surface area (Å²) >= 11 is 5.90. The van der Waals surface area contributed by atoms with Crippen molar-refractivity contribution < 1.29 is 27.4 Å². The molecule has 1 atom stereocenters. The minimum absolute atomic E-state index is 0.111. The molecule has 4 aromatic rings. The number of H-pyrrole nitrogens is 1. The van der Waals surface area contributed by atoms with Crippen molar-refractivity contribution in [3.8, 4) is 17.2 Å². The molecule has 194 valence electrons. The number of aromatic nitrogens is 5. The molecule has 37 heavy (non-hydrogen) atoms. The van der Waals surface area contributed by atoms with Crippen molar-refractivity contribution in [2.45, 2.75) is 31.5 Å².